The number of benzene rings is 1. The van der Waals surface area contributed by atoms with Crippen molar-refractivity contribution in [2.24, 2.45) is 5.92 Å². The van der Waals surface area contributed by atoms with Crippen LogP contribution in [-0.2, 0) is 0 Å². The molecule has 2 rings (SSSR count). The third kappa shape index (κ3) is 2.56. The Morgan fingerprint density at radius 1 is 1.33 bits per heavy atom. The minimum absolute atomic E-state index is 0.0315. The number of amides is 1. The summed E-state index contributed by atoms with van der Waals surface area (Å²) in [5.74, 6) is 0.317. The fraction of sp³-hybridized carbons (Fsp3) is 0.533. The molecule has 0 aromatic heterocycles. The summed E-state index contributed by atoms with van der Waals surface area (Å²) in [7, 11) is 0. The number of aliphatic hydroxyl groups is 1. The van der Waals surface area contributed by atoms with E-state index in [-0.39, 0.29) is 11.8 Å². The topological polar surface area (TPSA) is 40.5 Å². The highest BCUT2D eigenvalue weighted by Crippen LogP contribution is 2.19. The second-order valence-electron chi connectivity index (χ2n) is 5.38. The molecule has 1 N–H and O–H groups in total. The van der Waals surface area contributed by atoms with E-state index in [1.165, 1.54) is 5.56 Å². The van der Waals surface area contributed by atoms with Crippen LogP contribution in [0, 0.1) is 19.8 Å². The van der Waals surface area contributed by atoms with Gasteiger partial charge in [-0.3, -0.25) is 4.79 Å². The van der Waals surface area contributed by atoms with Gasteiger partial charge in [-0.15, -0.1) is 0 Å². The summed E-state index contributed by atoms with van der Waals surface area (Å²) in [6, 6.07) is 5.78. The van der Waals surface area contributed by atoms with Gasteiger partial charge in [0.2, 0.25) is 0 Å². The highest BCUT2D eigenvalue weighted by Gasteiger charge is 2.27. The monoisotopic (exact) mass is 247 g/mol. The summed E-state index contributed by atoms with van der Waals surface area (Å²) in [5.41, 5.74) is 3.05. The largest absolute Gasteiger partial charge is 0.391 e. The van der Waals surface area contributed by atoms with Crippen LogP contribution in [0.15, 0.2) is 18.2 Å². The van der Waals surface area contributed by atoms with E-state index in [9.17, 15) is 9.90 Å². The molecule has 3 heteroatoms. The van der Waals surface area contributed by atoms with Crippen molar-refractivity contribution in [1.82, 2.24) is 4.90 Å². The van der Waals surface area contributed by atoms with Gasteiger partial charge in [0.1, 0.15) is 0 Å². The summed E-state index contributed by atoms with van der Waals surface area (Å²) in [4.78, 5) is 14.1. The lowest BCUT2D eigenvalue weighted by Gasteiger charge is -2.34. The van der Waals surface area contributed by atoms with E-state index in [2.05, 4.69) is 0 Å². The molecule has 18 heavy (non-hydrogen) atoms. The van der Waals surface area contributed by atoms with Gasteiger partial charge >= 0.3 is 0 Å². The first-order valence-electron chi connectivity index (χ1n) is 6.53. The Labute approximate surface area is 108 Å². The van der Waals surface area contributed by atoms with Crippen LogP contribution in [0.4, 0.5) is 0 Å². The Morgan fingerprint density at radius 3 is 2.67 bits per heavy atom. The van der Waals surface area contributed by atoms with Crippen LogP contribution in [0.5, 0.6) is 0 Å². The molecule has 0 saturated carbocycles. The molecule has 1 heterocycles. The Hall–Kier alpha value is -1.35. The molecule has 1 amide bonds. The maximum Gasteiger partial charge on any atom is 0.253 e. The maximum absolute atomic E-state index is 12.3. The molecule has 1 saturated heterocycles. The maximum atomic E-state index is 12.3. The van der Waals surface area contributed by atoms with Crippen molar-refractivity contribution < 1.29 is 9.90 Å². The third-order valence-electron chi connectivity index (χ3n) is 3.96. The molecule has 1 aromatic rings. The zero-order valence-corrected chi connectivity index (χ0v) is 11.3. The molecule has 2 atom stereocenters. The molecule has 1 aliphatic rings. The molecule has 3 nitrogen and oxygen atoms in total. The van der Waals surface area contributed by atoms with E-state index in [4.69, 9.17) is 0 Å². The third-order valence-corrected chi connectivity index (χ3v) is 3.96. The molecular formula is C15H21NO2. The van der Waals surface area contributed by atoms with Crippen LogP contribution >= 0.6 is 0 Å². The Kier molecular flexibility index (Phi) is 3.71. The summed E-state index contributed by atoms with van der Waals surface area (Å²) >= 11 is 0. The summed E-state index contributed by atoms with van der Waals surface area (Å²) in [6.45, 7) is 7.27. The number of aryl methyl sites for hydroxylation is 2. The van der Waals surface area contributed by atoms with Gasteiger partial charge < -0.3 is 10.0 Å². The van der Waals surface area contributed by atoms with Gasteiger partial charge in [0.25, 0.3) is 5.91 Å². The van der Waals surface area contributed by atoms with Crippen molar-refractivity contribution in [1.29, 1.82) is 0 Å². The molecule has 1 aliphatic heterocycles. The molecule has 0 aliphatic carbocycles. The second kappa shape index (κ2) is 5.11. The number of carbonyl (C=O) groups is 1. The Morgan fingerprint density at radius 2 is 2.06 bits per heavy atom. The predicted octanol–water partition coefficient (Wildman–Crippen LogP) is 2.15. The molecule has 2 unspecified atom stereocenters. The summed E-state index contributed by atoms with van der Waals surface area (Å²) in [6.07, 6.45) is 0.479. The van der Waals surface area contributed by atoms with Crippen LogP contribution in [0.1, 0.15) is 34.8 Å². The zero-order chi connectivity index (χ0) is 13.3. The van der Waals surface area contributed by atoms with Gasteiger partial charge in [0.15, 0.2) is 0 Å². The van der Waals surface area contributed by atoms with Crippen LogP contribution < -0.4 is 0 Å². The minimum atomic E-state index is -0.394. The van der Waals surface area contributed by atoms with Gasteiger partial charge in [0, 0.05) is 18.7 Å². The first-order valence-corrected chi connectivity index (χ1v) is 6.53. The van der Waals surface area contributed by atoms with Gasteiger partial charge in [-0.1, -0.05) is 13.0 Å². The fourth-order valence-corrected chi connectivity index (χ4v) is 2.29. The van der Waals surface area contributed by atoms with Crippen molar-refractivity contribution in [2.75, 3.05) is 13.1 Å². The second-order valence-corrected chi connectivity index (χ2v) is 5.38. The number of rotatable bonds is 1. The molecule has 0 spiro atoms. The number of nitrogens with zero attached hydrogens (tertiary/aromatic N) is 1. The van der Waals surface area contributed by atoms with E-state index in [1.807, 2.05) is 39.0 Å². The lowest BCUT2D eigenvalue weighted by Crippen LogP contribution is -2.45. The normalized spacial score (nSPS) is 24.1. The van der Waals surface area contributed by atoms with Crippen LogP contribution in [0.25, 0.3) is 0 Å². The molecule has 98 valence electrons. The molecule has 0 bridgehead atoms. The van der Waals surface area contributed by atoms with Crippen molar-refractivity contribution in [2.45, 2.75) is 33.3 Å². The van der Waals surface area contributed by atoms with Gasteiger partial charge in [0.05, 0.1) is 6.10 Å². The zero-order valence-electron chi connectivity index (χ0n) is 11.3. The number of likely N-dealkylation sites (tertiary alicyclic amines) is 1. The van der Waals surface area contributed by atoms with Crippen LogP contribution in [-0.4, -0.2) is 35.1 Å². The first kappa shape index (κ1) is 13.1. The number of aliphatic hydroxyl groups excluding tert-OH is 1. The lowest BCUT2D eigenvalue weighted by atomic mass is 9.95. The SMILES string of the molecule is Cc1ccc(C(=O)N2CCC(C)C(O)C2)cc1C. The van der Waals surface area contributed by atoms with Crippen molar-refractivity contribution in [3.8, 4) is 0 Å². The number of β-amino-alcohol motifs (C(OH)–C–C–N with tert-alkyl or cyclic N) is 1. The lowest BCUT2D eigenvalue weighted by molar-refractivity contribution is 0.0248. The molecular weight excluding hydrogens is 226 g/mol. The number of hydrogen-bond donors (Lipinski definition) is 1. The van der Waals surface area contributed by atoms with Gasteiger partial charge in [-0.2, -0.15) is 0 Å². The smallest absolute Gasteiger partial charge is 0.253 e. The highest BCUT2D eigenvalue weighted by molar-refractivity contribution is 5.94. The standard InChI is InChI=1S/C15H21NO2/c1-10-4-5-13(8-12(10)3)15(18)16-7-6-11(2)14(17)9-16/h4-5,8,11,14,17H,6-7,9H2,1-3H3. The summed E-state index contributed by atoms with van der Waals surface area (Å²) < 4.78 is 0. The van der Waals surface area contributed by atoms with E-state index >= 15 is 0 Å². The van der Waals surface area contributed by atoms with Crippen LogP contribution in [0.3, 0.4) is 0 Å². The number of hydrogen-bond acceptors (Lipinski definition) is 2. The fourth-order valence-electron chi connectivity index (χ4n) is 2.29. The van der Waals surface area contributed by atoms with E-state index in [1.54, 1.807) is 4.90 Å². The predicted molar refractivity (Wildman–Crippen MR) is 71.6 cm³/mol. The van der Waals surface area contributed by atoms with Gasteiger partial charge in [-0.05, 0) is 49.4 Å². The van der Waals surface area contributed by atoms with Gasteiger partial charge in [-0.25, -0.2) is 0 Å². The van der Waals surface area contributed by atoms with E-state index in [0.29, 0.717) is 6.54 Å². The van der Waals surface area contributed by atoms with E-state index < -0.39 is 6.10 Å². The first-order chi connectivity index (χ1) is 8.49. The average Bonchev–Trinajstić information content (AvgIpc) is 2.35. The van der Waals surface area contributed by atoms with Crippen molar-refractivity contribution in [3.63, 3.8) is 0 Å². The minimum Gasteiger partial charge on any atom is -0.391 e. The van der Waals surface area contributed by atoms with Crippen LogP contribution in [0.2, 0.25) is 0 Å². The average molecular weight is 247 g/mol. The number of piperidine rings is 1. The number of carbonyl (C=O) groups excluding carboxylic acids is 1. The summed E-state index contributed by atoms with van der Waals surface area (Å²) in [5, 5.41) is 9.85. The molecule has 0 radical (unpaired) electrons. The van der Waals surface area contributed by atoms with E-state index in [0.717, 1.165) is 24.1 Å². The molecule has 1 aromatic carbocycles. The molecule has 1 fully saturated rings. The highest BCUT2D eigenvalue weighted by atomic mass is 16.3. The Balaban J connectivity index is 2.14. The van der Waals surface area contributed by atoms with Crippen molar-refractivity contribution in [3.05, 3.63) is 34.9 Å². The quantitative estimate of drug-likeness (QED) is 0.826. The Bertz CT molecular complexity index is 456. The van der Waals surface area contributed by atoms with Crippen molar-refractivity contribution >= 4 is 5.91 Å².